The number of aliphatic hydroxyl groups is 1. The summed E-state index contributed by atoms with van der Waals surface area (Å²) in [5.41, 5.74) is 1.14. The Morgan fingerprint density at radius 2 is 1.59 bits per heavy atom. The van der Waals surface area contributed by atoms with Gasteiger partial charge in [-0.15, -0.1) is 0 Å². The summed E-state index contributed by atoms with van der Waals surface area (Å²) in [4.78, 5) is 2.04. The maximum absolute atomic E-state index is 11.9. The minimum absolute atomic E-state index is 0.0119. The first kappa shape index (κ1) is 26.3. The highest BCUT2D eigenvalue weighted by Crippen LogP contribution is 2.24. The average molecular weight is 484 g/mol. The molecule has 0 spiro atoms. The molecule has 2 aromatic carbocycles. The molecule has 0 saturated heterocycles. The Hall–Kier alpha value is -1.98. The topological polar surface area (TPSA) is 116 Å². The van der Waals surface area contributed by atoms with Crippen molar-refractivity contribution in [3.05, 3.63) is 65.7 Å². The number of nitrogens with zero attached hydrogens (tertiary/aromatic N) is 1. The molecular formula is C22H33N3O5S2. The lowest BCUT2D eigenvalue weighted by molar-refractivity contribution is 0.0627. The molecule has 10 heteroatoms. The number of anilines is 1. The molecule has 0 bridgehead atoms. The molecule has 0 fully saturated rings. The lowest BCUT2D eigenvalue weighted by Gasteiger charge is -2.28. The van der Waals surface area contributed by atoms with Crippen molar-refractivity contribution in [3.8, 4) is 0 Å². The normalized spacial score (nSPS) is 14.1. The Kier molecular flexibility index (Phi) is 9.23. The van der Waals surface area contributed by atoms with Crippen LogP contribution in [0.4, 0.5) is 5.69 Å². The molecule has 2 rings (SSSR count). The number of hydrogen-bond donors (Lipinski definition) is 3. The van der Waals surface area contributed by atoms with Crippen LogP contribution < -0.4 is 14.3 Å². The van der Waals surface area contributed by atoms with E-state index >= 15 is 0 Å². The van der Waals surface area contributed by atoms with Crippen LogP contribution in [0.1, 0.15) is 31.4 Å². The highest BCUT2D eigenvalue weighted by atomic mass is 32.2. The molecule has 0 aromatic heterocycles. The lowest BCUT2D eigenvalue weighted by atomic mass is 9.96. The Balaban J connectivity index is 2.16. The smallest absolute Gasteiger partial charge is 0.211 e. The predicted octanol–water partition coefficient (Wildman–Crippen LogP) is 1.78. The molecule has 1 atom stereocenters. The van der Waals surface area contributed by atoms with Gasteiger partial charge in [-0.25, -0.2) is 26.3 Å². The number of sulfonamides is 2. The molecule has 0 aliphatic carbocycles. The zero-order valence-corrected chi connectivity index (χ0v) is 20.4. The van der Waals surface area contributed by atoms with Gasteiger partial charge in [-0.05, 0) is 36.6 Å². The minimum atomic E-state index is -3.43. The van der Waals surface area contributed by atoms with E-state index in [1.165, 1.54) is 0 Å². The summed E-state index contributed by atoms with van der Waals surface area (Å²) < 4.78 is 51.7. The van der Waals surface area contributed by atoms with Crippen LogP contribution in [-0.4, -0.2) is 53.6 Å². The maximum atomic E-state index is 11.9. The van der Waals surface area contributed by atoms with Crippen molar-refractivity contribution in [2.75, 3.05) is 36.5 Å². The van der Waals surface area contributed by atoms with Crippen molar-refractivity contribution >= 4 is 25.7 Å². The third kappa shape index (κ3) is 8.87. The largest absolute Gasteiger partial charge is 0.384 e. The van der Waals surface area contributed by atoms with Gasteiger partial charge >= 0.3 is 0 Å². The van der Waals surface area contributed by atoms with E-state index < -0.39 is 25.6 Å². The fraction of sp³-hybridized carbons (Fsp3) is 0.455. The Labute approximate surface area is 191 Å². The first-order valence-electron chi connectivity index (χ1n) is 10.5. The van der Waals surface area contributed by atoms with Crippen molar-refractivity contribution in [1.29, 1.82) is 0 Å². The van der Waals surface area contributed by atoms with E-state index in [0.29, 0.717) is 25.1 Å². The van der Waals surface area contributed by atoms with E-state index in [1.54, 1.807) is 26.0 Å². The molecule has 3 N–H and O–H groups in total. The number of nitrogens with one attached hydrogen (secondary N) is 2. The number of benzene rings is 2. The monoisotopic (exact) mass is 483 g/mol. The van der Waals surface area contributed by atoms with Gasteiger partial charge in [-0.3, -0.25) is 0 Å². The van der Waals surface area contributed by atoms with Gasteiger partial charge in [0.2, 0.25) is 20.0 Å². The summed E-state index contributed by atoms with van der Waals surface area (Å²) in [5, 5.41) is 10.8. The van der Waals surface area contributed by atoms with E-state index in [9.17, 15) is 21.9 Å². The Morgan fingerprint density at radius 1 is 0.969 bits per heavy atom. The number of hydrogen-bond acceptors (Lipinski definition) is 6. The van der Waals surface area contributed by atoms with Gasteiger partial charge in [0, 0.05) is 31.9 Å². The van der Waals surface area contributed by atoms with Crippen LogP contribution in [0.3, 0.4) is 0 Å². The lowest BCUT2D eigenvalue weighted by Crippen LogP contribution is -2.39. The Morgan fingerprint density at radius 3 is 2.16 bits per heavy atom. The molecule has 2 aromatic rings. The van der Waals surface area contributed by atoms with Crippen molar-refractivity contribution in [2.24, 2.45) is 0 Å². The summed E-state index contributed by atoms with van der Waals surface area (Å²) in [6, 6.07) is 17.0. The zero-order valence-electron chi connectivity index (χ0n) is 18.8. The minimum Gasteiger partial charge on any atom is -0.384 e. The van der Waals surface area contributed by atoms with Crippen LogP contribution in [0.5, 0.6) is 0 Å². The molecule has 0 aliphatic heterocycles. The fourth-order valence-corrected chi connectivity index (χ4v) is 4.84. The van der Waals surface area contributed by atoms with Crippen LogP contribution in [0.25, 0.3) is 0 Å². The summed E-state index contributed by atoms with van der Waals surface area (Å²) in [6.07, 6.45) is 1.62. The first-order chi connectivity index (χ1) is 14.9. The van der Waals surface area contributed by atoms with Gasteiger partial charge in [0.15, 0.2) is 0 Å². The summed E-state index contributed by atoms with van der Waals surface area (Å²) in [5.74, 6) is 0.0119. The molecule has 0 aliphatic rings. The van der Waals surface area contributed by atoms with Gasteiger partial charge in [-0.1, -0.05) is 49.4 Å². The SMILES string of the molecule is CCCS(=O)(=O)NCC(C)(O)c1ccc(N(CCNS(C)(=O)=O)Cc2ccccc2)cc1. The van der Waals surface area contributed by atoms with E-state index in [-0.39, 0.29) is 18.8 Å². The van der Waals surface area contributed by atoms with Crippen LogP contribution >= 0.6 is 0 Å². The molecule has 1 unspecified atom stereocenters. The molecule has 0 saturated carbocycles. The van der Waals surface area contributed by atoms with Crippen molar-refractivity contribution in [2.45, 2.75) is 32.4 Å². The van der Waals surface area contributed by atoms with Gasteiger partial charge in [0.05, 0.1) is 12.0 Å². The van der Waals surface area contributed by atoms with Crippen LogP contribution in [0.2, 0.25) is 0 Å². The second kappa shape index (κ2) is 11.2. The van der Waals surface area contributed by atoms with Gasteiger partial charge in [-0.2, -0.15) is 0 Å². The van der Waals surface area contributed by atoms with E-state index in [2.05, 4.69) is 9.44 Å². The predicted molar refractivity (Wildman–Crippen MR) is 128 cm³/mol. The Bertz CT molecular complexity index is 1050. The van der Waals surface area contributed by atoms with Gasteiger partial charge in [0.25, 0.3) is 0 Å². The maximum Gasteiger partial charge on any atom is 0.211 e. The molecule has 0 radical (unpaired) electrons. The third-order valence-corrected chi connectivity index (χ3v) is 7.18. The van der Waals surface area contributed by atoms with Crippen LogP contribution in [-0.2, 0) is 32.2 Å². The first-order valence-corrected chi connectivity index (χ1v) is 14.0. The molecule has 32 heavy (non-hydrogen) atoms. The summed E-state index contributed by atoms with van der Waals surface area (Å²) in [7, 11) is -6.72. The highest BCUT2D eigenvalue weighted by Gasteiger charge is 2.25. The molecule has 0 heterocycles. The molecule has 178 valence electrons. The average Bonchev–Trinajstić information content (AvgIpc) is 2.72. The van der Waals surface area contributed by atoms with E-state index in [0.717, 1.165) is 17.5 Å². The van der Waals surface area contributed by atoms with Crippen LogP contribution in [0.15, 0.2) is 54.6 Å². The van der Waals surface area contributed by atoms with Gasteiger partial charge < -0.3 is 10.0 Å². The van der Waals surface area contributed by atoms with Gasteiger partial charge in [0.1, 0.15) is 5.60 Å². The second-order valence-electron chi connectivity index (χ2n) is 8.03. The standard InChI is InChI=1S/C22H33N3O5S2/c1-4-16-32(29,30)24-18-22(2,26)20-10-12-21(13-11-20)25(15-14-23-31(3,27)28)17-19-8-6-5-7-9-19/h5-13,23-24,26H,4,14-18H2,1-3H3. The second-order valence-corrected chi connectivity index (χ2v) is 11.8. The van der Waals surface area contributed by atoms with E-state index in [4.69, 9.17) is 0 Å². The van der Waals surface area contributed by atoms with Crippen molar-refractivity contribution < 1.29 is 21.9 Å². The number of rotatable bonds is 13. The highest BCUT2D eigenvalue weighted by molar-refractivity contribution is 7.89. The quantitative estimate of drug-likeness (QED) is 0.400. The fourth-order valence-electron chi connectivity index (χ4n) is 3.19. The zero-order chi connectivity index (χ0) is 23.8. The third-order valence-electron chi connectivity index (χ3n) is 4.93. The van der Waals surface area contributed by atoms with E-state index in [1.807, 2.05) is 47.4 Å². The summed E-state index contributed by atoms with van der Waals surface area (Å²) >= 11 is 0. The molecule has 8 nitrogen and oxygen atoms in total. The van der Waals surface area contributed by atoms with Crippen molar-refractivity contribution in [1.82, 2.24) is 9.44 Å². The molecule has 0 amide bonds. The van der Waals surface area contributed by atoms with Crippen molar-refractivity contribution in [3.63, 3.8) is 0 Å². The van der Waals surface area contributed by atoms with Crippen LogP contribution in [0, 0.1) is 0 Å². The summed E-state index contributed by atoms with van der Waals surface area (Å²) in [6.45, 7) is 4.51. The molecular weight excluding hydrogens is 450 g/mol.